The number of ether oxygens (including phenoxy) is 1. The molecule has 1 unspecified atom stereocenters. The SMILES string of the molecule is CCC(C(=O)NCc1cccc(OC(C)C)c1)N(c1ccc(F)cc1)S(C)(=O)=O. The Morgan fingerprint density at radius 2 is 1.83 bits per heavy atom. The average molecular weight is 423 g/mol. The van der Waals surface area contributed by atoms with E-state index in [4.69, 9.17) is 4.74 Å². The molecule has 0 aromatic heterocycles. The summed E-state index contributed by atoms with van der Waals surface area (Å²) in [6, 6.07) is 11.4. The van der Waals surface area contributed by atoms with E-state index in [-0.39, 0.29) is 24.8 Å². The van der Waals surface area contributed by atoms with Crippen LogP contribution in [0.1, 0.15) is 32.8 Å². The Morgan fingerprint density at radius 3 is 2.38 bits per heavy atom. The molecule has 0 spiro atoms. The van der Waals surface area contributed by atoms with Crippen molar-refractivity contribution in [2.24, 2.45) is 0 Å². The number of hydrogen-bond donors (Lipinski definition) is 1. The maximum Gasteiger partial charge on any atom is 0.244 e. The zero-order valence-corrected chi connectivity index (χ0v) is 17.9. The van der Waals surface area contributed by atoms with Gasteiger partial charge < -0.3 is 10.1 Å². The monoisotopic (exact) mass is 422 g/mol. The average Bonchev–Trinajstić information content (AvgIpc) is 2.64. The number of carbonyl (C=O) groups excluding carboxylic acids is 1. The van der Waals surface area contributed by atoms with Gasteiger partial charge in [-0.1, -0.05) is 19.1 Å². The molecule has 29 heavy (non-hydrogen) atoms. The van der Waals surface area contributed by atoms with Gasteiger partial charge in [-0.2, -0.15) is 0 Å². The lowest BCUT2D eigenvalue weighted by molar-refractivity contribution is -0.122. The number of nitrogens with one attached hydrogen (secondary N) is 1. The summed E-state index contributed by atoms with van der Waals surface area (Å²) in [7, 11) is -3.76. The van der Waals surface area contributed by atoms with Gasteiger partial charge >= 0.3 is 0 Å². The number of amides is 1. The maximum atomic E-state index is 13.3. The summed E-state index contributed by atoms with van der Waals surface area (Å²) in [6.45, 7) is 5.81. The van der Waals surface area contributed by atoms with E-state index >= 15 is 0 Å². The van der Waals surface area contributed by atoms with Crippen molar-refractivity contribution >= 4 is 21.6 Å². The zero-order chi connectivity index (χ0) is 21.6. The predicted molar refractivity (Wildman–Crippen MR) is 112 cm³/mol. The number of hydrogen-bond acceptors (Lipinski definition) is 4. The van der Waals surface area contributed by atoms with Crippen LogP contribution in [-0.2, 0) is 21.4 Å². The van der Waals surface area contributed by atoms with E-state index in [0.29, 0.717) is 5.75 Å². The van der Waals surface area contributed by atoms with E-state index in [1.54, 1.807) is 6.92 Å². The van der Waals surface area contributed by atoms with Crippen molar-refractivity contribution in [2.75, 3.05) is 10.6 Å². The molecule has 0 aliphatic carbocycles. The minimum atomic E-state index is -3.76. The summed E-state index contributed by atoms with van der Waals surface area (Å²) in [4.78, 5) is 12.8. The third-order valence-electron chi connectivity index (χ3n) is 4.15. The number of benzene rings is 2. The number of rotatable bonds is 9. The molecule has 0 bridgehead atoms. The van der Waals surface area contributed by atoms with Crippen molar-refractivity contribution in [3.63, 3.8) is 0 Å². The van der Waals surface area contributed by atoms with Crippen LogP contribution in [-0.4, -0.2) is 32.7 Å². The van der Waals surface area contributed by atoms with Crippen LogP contribution >= 0.6 is 0 Å². The van der Waals surface area contributed by atoms with E-state index in [1.165, 1.54) is 24.3 Å². The Hall–Kier alpha value is -2.61. The second-order valence-electron chi connectivity index (χ2n) is 6.99. The number of anilines is 1. The highest BCUT2D eigenvalue weighted by Gasteiger charge is 2.31. The van der Waals surface area contributed by atoms with Gasteiger partial charge in [0.2, 0.25) is 15.9 Å². The molecule has 158 valence electrons. The van der Waals surface area contributed by atoms with Crippen molar-refractivity contribution in [1.29, 1.82) is 0 Å². The number of carbonyl (C=O) groups is 1. The van der Waals surface area contributed by atoms with Crippen LogP contribution in [0.4, 0.5) is 10.1 Å². The highest BCUT2D eigenvalue weighted by Crippen LogP contribution is 2.23. The van der Waals surface area contributed by atoms with Crippen LogP contribution in [0.5, 0.6) is 5.75 Å². The highest BCUT2D eigenvalue weighted by molar-refractivity contribution is 7.92. The van der Waals surface area contributed by atoms with E-state index in [9.17, 15) is 17.6 Å². The molecular weight excluding hydrogens is 395 g/mol. The summed E-state index contributed by atoms with van der Waals surface area (Å²) in [6.07, 6.45) is 1.31. The summed E-state index contributed by atoms with van der Waals surface area (Å²) in [5.74, 6) is -0.219. The summed E-state index contributed by atoms with van der Waals surface area (Å²) < 4.78 is 44.7. The smallest absolute Gasteiger partial charge is 0.244 e. The molecule has 0 radical (unpaired) electrons. The van der Waals surface area contributed by atoms with Gasteiger partial charge in [0, 0.05) is 6.54 Å². The first kappa shape index (κ1) is 22.7. The van der Waals surface area contributed by atoms with Crippen LogP contribution in [0.3, 0.4) is 0 Å². The Bertz CT molecular complexity index is 930. The zero-order valence-electron chi connectivity index (χ0n) is 17.1. The molecule has 1 amide bonds. The van der Waals surface area contributed by atoms with Gasteiger partial charge in [0.05, 0.1) is 18.0 Å². The van der Waals surface area contributed by atoms with Gasteiger partial charge in [0.25, 0.3) is 0 Å². The first-order chi connectivity index (χ1) is 13.6. The van der Waals surface area contributed by atoms with E-state index in [0.717, 1.165) is 16.1 Å². The summed E-state index contributed by atoms with van der Waals surface area (Å²) in [5.41, 5.74) is 1.07. The minimum Gasteiger partial charge on any atom is -0.491 e. The van der Waals surface area contributed by atoms with Crippen molar-refractivity contribution in [1.82, 2.24) is 5.32 Å². The molecule has 0 saturated carbocycles. The molecular formula is C21H27FN2O4S. The third kappa shape index (κ3) is 6.45. The molecule has 0 aliphatic heterocycles. The molecule has 0 saturated heterocycles. The van der Waals surface area contributed by atoms with E-state index in [2.05, 4.69) is 5.32 Å². The fourth-order valence-corrected chi connectivity index (χ4v) is 4.17. The van der Waals surface area contributed by atoms with Crippen LogP contribution in [0.2, 0.25) is 0 Å². The van der Waals surface area contributed by atoms with Crippen molar-refractivity contribution in [3.05, 3.63) is 59.9 Å². The molecule has 2 rings (SSSR count). The number of nitrogens with zero attached hydrogens (tertiary/aromatic N) is 1. The van der Waals surface area contributed by atoms with Crippen molar-refractivity contribution in [3.8, 4) is 5.75 Å². The number of halogens is 1. The topological polar surface area (TPSA) is 75.7 Å². The van der Waals surface area contributed by atoms with Crippen molar-refractivity contribution < 1.29 is 22.3 Å². The first-order valence-corrected chi connectivity index (χ1v) is 11.2. The van der Waals surface area contributed by atoms with Gasteiger partial charge in [-0.25, -0.2) is 12.8 Å². The molecule has 8 heteroatoms. The second kappa shape index (κ2) is 9.73. The second-order valence-corrected chi connectivity index (χ2v) is 8.85. The standard InChI is InChI=1S/C21H27FN2O4S/c1-5-20(24(29(4,26)27)18-11-9-17(22)10-12-18)21(25)23-14-16-7-6-8-19(13-16)28-15(2)3/h6-13,15,20H,5,14H2,1-4H3,(H,23,25). The normalized spacial score (nSPS) is 12.5. The molecule has 2 aromatic carbocycles. The lowest BCUT2D eigenvalue weighted by Gasteiger charge is -2.30. The van der Waals surface area contributed by atoms with Gasteiger partial charge in [0.15, 0.2) is 0 Å². The molecule has 0 fully saturated rings. The highest BCUT2D eigenvalue weighted by atomic mass is 32.2. The largest absolute Gasteiger partial charge is 0.491 e. The quantitative estimate of drug-likeness (QED) is 0.671. The van der Waals surface area contributed by atoms with Gasteiger partial charge in [0.1, 0.15) is 17.6 Å². The minimum absolute atomic E-state index is 0.0309. The Morgan fingerprint density at radius 1 is 1.17 bits per heavy atom. The third-order valence-corrected chi connectivity index (χ3v) is 5.33. The fourth-order valence-electron chi connectivity index (χ4n) is 2.96. The van der Waals surface area contributed by atoms with E-state index < -0.39 is 27.8 Å². The number of sulfonamides is 1. The van der Waals surface area contributed by atoms with Gasteiger partial charge in [-0.3, -0.25) is 9.10 Å². The fraction of sp³-hybridized carbons (Fsp3) is 0.381. The predicted octanol–water partition coefficient (Wildman–Crippen LogP) is 3.47. The molecule has 6 nitrogen and oxygen atoms in total. The van der Waals surface area contributed by atoms with Crippen LogP contribution < -0.4 is 14.4 Å². The Balaban J connectivity index is 2.18. The van der Waals surface area contributed by atoms with Crippen molar-refractivity contribution in [2.45, 2.75) is 45.9 Å². The summed E-state index contributed by atoms with van der Waals surface area (Å²) >= 11 is 0. The molecule has 1 atom stereocenters. The Labute approximate surface area is 171 Å². The Kier molecular flexibility index (Phi) is 7.61. The van der Waals surface area contributed by atoms with Crippen LogP contribution in [0.25, 0.3) is 0 Å². The molecule has 2 aromatic rings. The van der Waals surface area contributed by atoms with Crippen LogP contribution in [0, 0.1) is 5.82 Å². The first-order valence-electron chi connectivity index (χ1n) is 9.40. The van der Waals surface area contributed by atoms with Gasteiger partial charge in [-0.15, -0.1) is 0 Å². The summed E-state index contributed by atoms with van der Waals surface area (Å²) in [5, 5.41) is 2.79. The molecule has 0 aliphatic rings. The molecule has 1 N–H and O–H groups in total. The van der Waals surface area contributed by atoms with Crippen LogP contribution in [0.15, 0.2) is 48.5 Å². The van der Waals surface area contributed by atoms with Gasteiger partial charge in [-0.05, 0) is 62.2 Å². The van der Waals surface area contributed by atoms with E-state index in [1.807, 2.05) is 38.1 Å². The molecule has 0 heterocycles. The lowest BCUT2D eigenvalue weighted by atomic mass is 10.1. The lowest BCUT2D eigenvalue weighted by Crippen LogP contribution is -2.49. The maximum absolute atomic E-state index is 13.3.